The third kappa shape index (κ3) is 75.2. The van der Waals surface area contributed by atoms with Crippen molar-refractivity contribution in [1.82, 2.24) is 0 Å². The summed E-state index contributed by atoms with van der Waals surface area (Å²) < 4.78 is 23.1. The summed E-state index contributed by atoms with van der Waals surface area (Å²) in [7, 11) is 6.00. The fourth-order valence-corrected chi connectivity index (χ4v) is 12.7. The lowest BCUT2D eigenvalue weighted by Gasteiger charge is -2.25. The molecule has 0 saturated carbocycles. The van der Waals surface area contributed by atoms with E-state index in [1.165, 1.54) is 360 Å². The molecule has 2 unspecified atom stereocenters. The Hall–Kier alpha value is -2.23. The molecular weight excluding hydrogens is 1140 g/mol. The minimum absolute atomic E-state index is 0.175. The standard InChI is InChI=1S/C83H159NO8/c1-6-8-10-12-14-16-18-20-22-24-26-28-30-32-34-36-37-38-39-40-41-42-43-44-46-47-49-51-53-55-57-59-61-63-65-67-69-71-73-80(85)90-77-79(78-91-83(82(87)88)89-76-75-84(3,4)5)92-81(86)74-72-70-68-66-64-62-60-58-56-54-52-50-48-45-35-33-31-29-27-25-23-21-19-17-15-13-11-9-7-2/h19,21,25,27,79,83H,6-18,20,22-24,26,28-78H2,1-5H3/p+1/b21-19-,27-25-. The first kappa shape index (κ1) is 89.8. The quantitative estimate of drug-likeness (QED) is 0.0211. The van der Waals surface area contributed by atoms with E-state index in [0.29, 0.717) is 17.4 Å². The number of unbranched alkanes of at least 4 members (excludes halogenated alkanes) is 59. The number of nitrogens with zero attached hydrogens (tertiary/aromatic N) is 1. The zero-order chi connectivity index (χ0) is 66.8. The van der Waals surface area contributed by atoms with Crippen LogP contribution in [0.1, 0.15) is 431 Å². The van der Waals surface area contributed by atoms with Gasteiger partial charge in [-0.3, -0.25) is 9.59 Å². The number of allylic oxidation sites excluding steroid dienone is 4. The maximum Gasteiger partial charge on any atom is 0.361 e. The second kappa shape index (κ2) is 74.6. The Kier molecular flexibility index (Phi) is 72.8. The monoisotopic (exact) mass is 1300 g/mol. The van der Waals surface area contributed by atoms with E-state index in [1.54, 1.807) is 0 Å². The van der Waals surface area contributed by atoms with Gasteiger partial charge in [-0.1, -0.05) is 398 Å². The predicted molar refractivity (Wildman–Crippen MR) is 397 cm³/mol. The van der Waals surface area contributed by atoms with Crippen molar-refractivity contribution in [2.45, 2.75) is 444 Å². The summed E-state index contributed by atoms with van der Waals surface area (Å²) in [5.74, 6) is -1.97. The number of hydrogen-bond acceptors (Lipinski definition) is 7. The molecule has 0 aliphatic rings. The van der Waals surface area contributed by atoms with Crippen molar-refractivity contribution in [2.75, 3.05) is 47.5 Å². The number of carboxylic acids is 1. The number of carbonyl (C=O) groups excluding carboxylic acids is 2. The third-order valence-corrected chi connectivity index (χ3v) is 19.0. The molecule has 92 heavy (non-hydrogen) atoms. The van der Waals surface area contributed by atoms with Gasteiger partial charge in [0.05, 0.1) is 34.4 Å². The van der Waals surface area contributed by atoms with Crippen LogP contribution in [0.4, 0.5) is 0 Å². The van der Waals surface area contributed by atoms with Gasteiger partial charge in [0.2, 0.25) is 0 Å². The average Bonchev–Trinajstić information content (AvgIpc) is 3.75. The summed E-state index contributed by atoms with van der Waals surface area (Å²) in [6, 6.07) is 0. The van der Waals surface area contributed by atoms with Gasteiger partial charge in [0.15, 0.2) is 6.10 Å². The number of hydrogen-bond donors (Lipinski definition) is 1. The van der Waals surface area contributed by atoms with E-state index in [9.17, 15) is 19.5 Å². The van der Waals surface area contributed by atoms with E-state index in [2.05, 4.69) is 38.2 Å². The number of carbonyl (C=O) groups is 3. The van der Waals surface area contributed by atoms with Gasteiger partial charge in [-0.15, -0.1) is 0 Å². The highest BCUT2D eigenvalue weighted by Crippen LogP contribution is 2.20. The Morgan fingerprint density at radius 1 is 0.326 bits per heavy atom. The first-order valence-corrected chi connectivity index (χ1v) is 41.0. The van der Waals surface area contributed by atoms with Crippen molar-refractivity contribution in [2.24, 2.45) is 0 Å². The van der Waals surface area contributed by atoms with Crippen molar-refractivity contribution >= 4 is 17.9 Å². The normalized spacial score (nSPS) is 12.7. The molecule has 1 N–H and O–H groups in total. The van der Waals surface area contributed by atoms with E-state index in [4.69, 9.17) is 18.9 Å². The molecule has 0 fully saturated rings. The molecule has 9 nitrogen and oxygen atoms in total. The van der Waals surface area contributed by atoms with Gasteiger partial charge < -0.3 is 28.5 Å². The molecule has 0 rings (SSSR count). The third-order valence-electron chi connectivity index (χ3n) is 19.0. The van der Waals surface area contributed by atoms with Crippen molar-refractivity contribution in [3.05, 3.63) is 24.3 Å². The molecule has 0 amide bonds. The number of likely N-dealkylation sites (N-methyl/N-ethyl adjacent to an activating group) is 1. The van der Waals surface area contributed by atoms with Gasteiger partial charge >= 0.3 is 17.9 Å². The zero-order valence-corrected chi connectivity index (χ0v) is 62.5. The molecule has 0 aromatic heterocycles. The zero-order valence-electron chi connectivity index (χ0n) is 62.5. The van der Waals surface area contributed by atoms with Crippen molar-refractivity contribution < 1.29 is 42.9 Å². The summed E-state index contributed by atoms with van der Waals surface area (Å²) in [5, 5.41) is 9.77. The second-order valence-corrected chi connectivity index (χ2v) is 29.4. The van der Waals surface area contributed by atoms with Crippen LogP contribution in [0.3, 0.4) is 0 Å². The fraction of sp³-hybridized carbons (Fsp3) is 0.916. The first-order valence-electron chi connectivity index (χ1n) is 41.0. The Morgan fingerprint density at radius 2 is 0.587 bits per heavy atom. The molecule has 0 heterocycles. The molecule has 0 aliphatic carbocycles. The highest BCUT2D eigenvalue weighted by molar-refractivity contribution is 5.71. The molecule has 0 aromatic rings. The Balaban J connectivity index is 3.93. The summed E-state index contributed by atoms with van der Waals surface area (Å²) in [6.45, 7) is 4.96. The molecule has 9 heteroatoms. The van der Waals surface area contributed by atoms with E-state index < -0.39 is 18.4 Å². The molecule has 0 spiro atoms. The van der Waals surface area contributed by atoms with Gasteiger partial charge in [0.1, 0.15) is 13.2 Å². The van der Waals surface area contributed by atoms with Crippen molar-refractivity contribution in [3.8, 4) is 0 Å². The van der Waals surface area contributed by atoms with E-state index in [1.807, 2.05) is 21.1 Å². The topological polar surface area (TPSA) is 108 Å². The Labute approximate surface area is 573 Å². The van der Waals surface area contributed by atoms with Crippen LogP contribution in [0.15, 0.2) is 24.3 Å². The molecule has 0 aromatic carbocycles. The smallest absolute Gasteiger partial charge is 0.361 e. The van der Waals surface area contributed by atoms with Crippen LogP contribution >= 0.6 is 0 Å². The van der Waals surface area contributed by atoms with Crippen LogP contribution in [-0.2, 0) is 33.3 Å². The van der Waals surface area contributed by atoms with Gasteiger partial charge in [0.25, 0.3) is 6.29 Å². The minimum Gasteiger partial charge on any atom is -0.477 e. The number of rotatable bonds is 78. The lowest BCUT2D eigenvalue weighted by molar-refractivity contribution is -0.870. The number of quaternary nitrogens is 1. The lowest BCUT2D eigenvalue weighted by Crippen LogP contribution is -2.40. The first-order chi connectivity index (χ1) is 45.1. The van der Waals surface area contributed by atoms with E-state index in [-0.39, 0.29) is 38.2 Å². The maximum absolute atomic E-state index is 13.0. The van der Waals surface area contributed by atoms with Crippen molar-refractivity contribution in [1.29, 1.82) is 0 Å². The molecule has 0 aliphatic heterocycles. The Morgan fingerprint density at radius 3 is 0.859 bits per heavy atom. The summed E-state index contributed by atoms with van der Waals surface area (Å²) in [4.78, 5) is 37.7. The largest absolute Gasteiger partial charge is 0.477 e. The van der Waals surface area contributed by atoms with Crippen LogP contribution in [0.2, 0.25) is 0 Å². The molecule has 2 atom stereocenters. The minimum atomic E-state index is -1.51. The number of aliphatic carboxylic acids is 1. The molecule has 0 bridgehead atoms. The van der Waals surface area contributed by atoms with Crippen LogP contribution in [-0.4, -0.2) is 87.4 Å². The SMILES string of the molecule is CCCCCCC/C=C\C/C=C\CCCCCCCCCCCCCCCCCCCC(=O)OC(COC(=O)CCCCCCCCCCCCCCCCCCCCCCCCCCCCCCCCCCCCCCCC)COC(OCC[N+](C)(C)C)C(=O)O. The number of esters is 2. The molecule has 0 radical (unpaired) electrons. The van der Waals surface area contributed by atoms with Crippen LogP contribution in [0.25, 0.3) is 0 Å². The van der Waals surface area contributed by atoms with E-state index >= 15 is 0 Å². The number of ether oxygens (including phenoxy) is 4. The molecule has 0 saturated heterocycles. The maximum atomic E-state index is 13.0. The van der Waals surface area contributed by atoms with Gasteiger partial charge in [-0.05, 0) is 44.9 Å². The average molecular weight is 1300 g/mol. The van der Waals surface area contributed by atoms with Crippen molar-refractivity contribution in [3.63, 3.8) is 0 Å². The van der Waals surface area contributed by atoms with Gasteiger partial charge in [-0.2, -0.15) is 0 Å². The van der Waals surface area contributed by atoms with Crippen LogP contribution in [0, 0.1) is 0 Å². The summed E-state index contributed by atoms with van der Waals surface area (Å²) >= 11 is 0. The van der Waals surface area contributed by atoms with Crippen LogP contribution in [0.5, 0.6) is 0 Å². The highest BCUT2D eigenvalue weighted by atomic mass is 16.7. The summed E-state index contributed by atoms with van der Waals surface area (Å²) in [5.41, 5.74) is 0. The second-order valence-electron chi connectivity index (χ2n) is 29.4. The highest BCUT2D eigenvalue weighted by Gasteiger charge is 2.25. The van der Waals surface area contributed by atoms with Gasteiger partial charge in [-0.25, -0.2) is 4.79 Å². The van der Waals surface area contributed by atoms with E-state index in [0.717, 1.165) is 44.9 Å². The Bertz CT molecular complexity index is 1560. The molecular formula is C83H160NO8+. The number of carboxylic acid groups (broad SMARTS) is 1. The lowest BCUT2D eigenvalue weighted by atomic mass is 10.0. The fourth-order valence-electron chi connectivity index (χ4n) is 12.7. The predicted octanol–water partition coefficient (Wildman–Crippen LogP) is 26.1. The summed E-state index contributed by atoms with van der Waals surface area (Å²) in [6.07, 6.45) is 92.1. The molecule has 544 valence electrons. The van der Waals surface area contributed by atoms with Gasteiger partial charge in [0, 0.05) is 12.8 Å². The van der Waals surface area contributed by atoms with Crippen LogP contribution < -0.4 is 0 Å².